The van der Waals surface area contributed by atoms with E-state index in [4.69, 9.17) is 5.73 Å². The highest BCUT2D eigenvalue weighted by atomic mass is 79.9. The first kappa shape index (κ1) is 10.3. The topological polar surface area (TPSA) is 43.1 Å². The van der Waals surface area contributed by atoms with Crippen molar-refractivity contribution in [1.29, 1.82) is 0 Å². The summed E-state index contributed by atoms with van der Waals surface area (Å²) in [5.74, 6) is 0.161. The van der Waals surface area contributed by atoms with Gasteiger partial charge in [-0.3, -0.25) is 4.79 Å². The molecule has 0 aromatic heterocycles. The third-order valence-electron chi connectivity index (χ3n) is 1.87. The number of carbonyl (C=O) groups is 1. The lowest BCUT2D eigenvalue weighted by molar-refractivity contribution is 0.0989. The predicted molar refractivity (Wildman–Crippen MR) is 58.3 cm³/mol. The minimum absolute atomic E-state index is 0.161. The van der Waals surface area contributed by atoms with Crippen LogP contribution in [0.15, 0.2) is 18.2 Å². The average Bonchev–Trinajstić information content (AvgIpc) is 2.04. The van der Waals surface area contributed by atoms with Crippen LogP contribution in [0.3, 0.4) is 0 Å². The highest BCUT2D eigenvalue weighted by Crippen LogP contribution is 2.14. The predicted octanol–water partition coefficient (Wildman–Crippen LogP) is 2.54. The van der Waals surface area contributed by atoms with Gasteiger partial charge in [0, 0.05) is 23.0 Å². The quantitative estimate of drug-likeness (QED) is 0.502. The first-order chi connectivity index (χ1) is 6.15. The van der Waals surface area contributed by atoms with E-state index >= 15 is 0 Å². The number of halogens is 1. The van der Waals surface area contributed by atoms with Gasteiger partial charge in [-0.05, 0) is 30.7 Å². The molecule has 2 nitrogen and oxygen atoms in total. The van der Waals surface area contributed by atoms with E-state index in [9.17, 15) is 4.79 Å². The lowest BCUT2D eigenvalue weighted by atomic mass is 10.0. The summed E-state index contributed by atoms with van der Waals surface area (Å²) in [6, 6.07) is 5.37. The normalized spacial score (nSPS) is 10.0. The van der Waals surface area contributed by atoms with E-state index in [1.165, 1.54) is 0 Å². The van der Waals surface area contributed by atoms with Gasteiger partial charge in [0.25, 0.3) is 0 Å². The first-order valence-electron chi connectivity index (χ1n) is 4.10. The molecule has 0 spiro atoms. The zero-order chi connectivity index (χ0) is 9.84. The summed E-state index contributed by atoms with van der Waals surface area (Å²) >= 11 is 3.24. The molecule has 3 heteroatoms. The molecule has 1 aromatic carbocycles. The number of hydrogen-bond donors (Lipinski definition) is 1. The third-order valence-corrected chi connectivity index (χ3v) is 2.27. The molecule has 0 saturated heterocycles. The van der Waals surface area contributed by atoms with E-state index in [0.717, 1.165) is 11.1 Å². The SMILES string of the molecule is Cc1cc(N)ccc1C(=O)CCBr. The van der Waals surface area contributed by atoms with Gasteiger partial charge >= 0.3 is 0 Å². The molecule has 1 aromatic rings. The van der Waals surface area contributed by atoms with Crippen molar-refractivity contribution in [2.45, 2.75) is 13.3 Å². The van der Waals surface area contributed by atoms with Gasteiger partial charge in [-0.25, -0.2) is 0 Å². The van der Waals surface area contributed by atoms with E-state index in [-0.39, 0.29) is 5.78 Å². The minimum atomic E-state index is 0.161. The Hall–Kier alpha value is -0.830. The number of carbonyl (C=O) groups excluding carboxylic acids is 1. The number of hydrogen-bond acceptors (Lipinski definition) is 2. The fraction of sp³-hybridized carbons (Fsp3) is 0.300. The second-order valence-corrected chi connectivity index (χ2v) is 3.73. The van der Waals surface area contributed by atoms with Gasteiger partial charge < -0.3 is 5.73 Å². The molecule has 0 fully saturated rings. The molecule has 0 aliphatic carbocycles. The maximum atomic E-state index is 11.5. The fourth-order valence-electron chi connectivity index (χ4n) is 1.22. The lowest BCUT2D eigenvalue weighted by Crippen LogP contribution is -2.02. The number of ketones is 1. The summed E-state index contributed by atoms with van der Waals surface area (Å²) < 4.78 is 0. The Morgan fingerprint density at radius 2 is 2.23 bits per heavy atom. The molecule has 0 amide bonds. The summed E-state index contributed by atoms with van der Waals surface area (Å²) in [6.07, 6.45) is 0.532. The molecule has 0 aliphatic rings. The molecular formula is C10H12BrNO. The Morgan fingerprint density at radius 3 is 2.77 bits per heavy atom. The molecule has 0 unspecified atom stereocenters. The Bertz CT molecular complexity index is 323. The number of benzene rings is 1. The van der Waals surface area contributed by atoms with Gasteiger partial charge in [0.05, 0.1) is 0 Å². The number of Topliss-reactive ketones (excluding diaryl/α,β-unsaturated/α-hetero) is 1. The Kier molecular flexibility index (Phi) is 3.48. The van der Waals surface area contributed by atoms with Crippen LogP contribution in [0.1, 0.15) is 22.3 Å². The summed E-state index contributed by atoms with van der Waals surface area (Å²) in [5, 5.41) is 0.704. The molecular weight excluding hydrogens is 230 g/mol. The Morgan fingerprint density at radius 1 is 1.54 bits per heavy atom. The van der Waals surface area contributed by atoms with E-state index in [2.05, 4.69) is 15.9 Å². The van der Waals surface area contributed by atoms with Crippen molar-refractivity contribution in [3.05, 3.63) is 29.3 Å². The minimum Gasteiger partial charge on any atom is -0.399 e. The second kappa shape index (κ2) is 4.42. The summed E-state index contributed by atoms with van der Waals surface area (Å²) in [7, 11) is 0. The zero-order valence-corrected chi connectivity index (χ0v) is 9.10. The zero-order valence-electron chi connectivity index (χ0n) is 7.51. The van der Waals surface area contributed by atoms with E-state index in [0.29, 0.717) is 17.4 Å². The molecule has 0 bridgehead atoms. The van der Waals surface area contributed by atoms with E-state index < -0.39 is 0 Å². The van der Waals surface area contributed by atoms with E-state index in [1.54, 1.807) is 12.1 Å². The fourth-order valence-corrected chi connectivity index (χ4v) is 1.58. The first-order valence-corrected chi connectivity index (χ1v) is 5.22. The highest BCUT2D eigenvalue weighted by molar-refractivity contribution is 9.09. The van der Waals surface area contributed by atoms with Crippen LogP contribution in [0.5, 0.6) is 0 Å². The molecule has 0 radical (unpaired) electrons. The number of rotatable bonds is 3. The molecule has 0 saturated carbocycles. The Labute approximate surface area is 86.3 Å². The van der Waals surface area contributed by atoms with Crippen LogP contribution >= 0.6 is 15.9 Å². The number of nitrogen functional groups attached to an aromatic ring is 1. The molecule has 0 heterocycles. The molecule has 70 valence electrons. The summed E-state index contributed by atoms with van der Waals surface area (Å²) in [4.78, 5) is 11.5. The van der Waals surface area contributed by atoms with Crippen LogP contribution < -0.4 is 5.73 Å². The van der Waals surface area contributed by atoms with Crippen molar-refractivity contribution in [2.24, 2.45) is 0 Å². The van der Waals surface area contributed by atoms with Crippen LogP contribution in [0.4, 0.5) is 5.69 Å². The average molecular weight is 242 g/mol. The molecule has 0 aliphatic heterocycles. The monoisotopic (exact) mass is 241 g/mol. The van der Waals surface area contributed by atoms with Crippen molar-refractivity contribution in [3.8, 4) is 0 Å². The number of alkyl halides is 1. The number of anilines is 1. The largest absolute Gasteiger partial charge is 0.399 e. The maximum Gasteiger partial charge on any atom is 0.163 e. The van der Waals surface area contributed by atoms with Gasteiger partial charge in [0.2, 0.25) is 0 Å². The van der Waals surface area contributed by atoms with Crippen LogP contribution in [0, 0.1) is 6.92 Å². The molecule has 2 N–H and O–H groups in total. The van der Waals surface area contributed by atoms with Crippen LogP contribution in [-0.4, -0.2) is 11.1 Å². The van der Waals surface area contributed by atoms with Gasteiger partial charge in [-0.2, -0.15) is 0 Å². The standard InChI is InChI=1S/C10H12BrNO/c1-7-6-8(12)2-3-9(7)10(13)4-5-11/h2-3,6H,4-5,12H2,1H3. The van der Waals surface area contributed by atoms with Crippen molar-refractivity contribution in [1.82, 2.24) is 0 Å². The van der Waals surface area contributed by atoms with Crippen LogP contribution in [0.2, 0.25) is 0 Å². The van der Waals surface area contributed by atoms with Gasteiger partial charge in [0.1, 0.15) is 0 Å². The third kappa shape index (κ3) is 2.56. The smallest absolute Gasteiger partial charge is 0.163 e. The number of nitrogens with two attached hydrogens (primary N) is 1. The number of aryl methyl sites for hydroxylation is 1. The van der Waals surface area contributed by atoms with Gasteiger partial charge in [-0.1, -0.05) is 15.9 Å². The van der Waals surface area contributed by atoms with Gasteiger partial charge in [0.15, 0.2) is 5.78 Å². The highest BCUT2D eigenvalue weighted by Gasteiger charge is 2.07. The van der Waals surface area contributed by atoms with Crippen molar-refractivity contribution in [3.63, 3.8) is 0 Å². The summed E-state index contributed by atoms with van der Waals surface area (Å²) in [6.45, 7) is 1.90. The molecule has 1 rings (SSSR count). The Balaban J connectivity index is 2.95. The molecule has 0 atom stereocenters. The van der Waals surface area contributed by atoms with Crippen LogP contribution in [0.25, 0.3) is 0 Å². The van der Waals surface area contributed by atoms with E-state index in [1.807, 2.05) is 13.0 Å². The molecule has 13 heavy (non-hydrogen) atoms. The maximum absolute atomic E-state index is 11.5. The van der Waals surface area contributed by atoms with Crippen molar-refractivity contribution < 1.29 is 4.79 Å². The van der Waals surface area contributed by atoms with Crippen LogP contribution in [-0.2, 0) is 0 Å². The lowest BCUT2D eigenvalue weighted by Gasteiger charge is -2.04. The van der Waals surface area contributed by atoms with Crippen molar-refractivity contribution >= 4 is 27.4 Å². The summed E-state index contributed by atoms with van der Waals surface area (Å²) in [5.41, 5.74) is 8.00. The second-order valence-electron chi connectivity index (χ2n) is 2.94. The van der Waals surface area contributed by atoms with Gasteiger partial charge in [-0.15, -0.1) is 0 Å². The van der Waals surface area contributed by atoms with Crippen molar-refractivity contribution in [2.75, 3.05) is 11.1 Å².